The monoisotopic (exact) mass is 680 g/mol. The number of carboxylic acid groups (broad SMARTS) is 1. The van der Waals surface area contributed by atoms with Crippen LogP contribution in [0.5, 0.6) is 0 Å². The zero-order valence-electron chi connectivity index (χ0n) is 22.0. The Bertz CT molecular complexity index is 1660. The lowest BCUT2D eigenvalue weighted by molar-refractivity contribution is -0.150. The molecule has 3 aromatic rings. The van der Waals surface area contributed by atoms with Gasteiger partial charge in [-0.25, -0.2) is 9.78 Å². The average molecular weight is 681 g/mol. The molecule has 1 saturated heterocycles. The van der Waals surface area contributed by atoms with Crippen LogP contribution in [0, 0.1) is 6.92 Å². The molecular formula is C24H21ClN8O6S4. The lowest BCUT2D eigenvalue weighted by Gasteiger charge is -2.49. The highest BCUT2D eigenvalue weighted by Gasteiger charge is 2.54. The fourth-order valence-corrected chi connectivity index (χ4v) is 8.05. The quantitative estimate of drug-likeness (QED) is 0.0999. The van der Waals surface area contributed by atoms with E-state index in [1.165, 1.54) is 45.1 Å². The Morgan fingerprint density at radius 2 is 2.14 bits per heavy atom. The van der Waals surface area contributed by atoms with Gasteiger partial charge in [-0.2, -0.15) is 0 Å². The van der Waals surface area contributed by atoms with Gasteiger partial charge in [0.05, 0.1) is 0 Å². The van der Waals surface area contributed by atoms with E-state index in [1.807, 2.05) is 6.92 Å². The minimum atomic E-state index is -1.24. The van der Waals surface area contributed by atoms with Crippen molar-refractivity contribution in [3.63, 3.8) is 0 Å². The Balaban J connectivity index is 1.26. The van der Waals surface area contributed by atoms with Gasteiger partial charge in [0, 0.05) is 27.6 Å². The summed E-state index contributed by atoms with van der Waals surface area (Å²) in [5.74, 6) is -2.54. The molecular weight excluding hydrogens is 660 g/mol. The molecule has 1 aromatic carbocycles. The number of aryl methyl sites for hydroxylation is 1. The Morgan fingerprint density at radius 1 is 1.33 bits per heavy atom. The largest absolute Gasteiger partial charge is 0.477 e. The number of hydrogen-bond donors (Lipinski definition) is 4. The number of thioether (sulfide) groups is 2. The summed E-state index contributed by atoms with van der Waals surface area (Å²) in [6.07, 6.45) is 0. The molecule has 2 aliphatic rings. The molecule has 0 aliphatic carbocycles. The fourth-order valence-electron chi connectivity index (χ4n) is 4.01. The minimum Gasteiger partial charge on any atom is -0.477 e. The van der Waals surface area contributed by atoms with Crippen molar-refractivity contribution in [3.8, 4) is 0 Å². The van der Waals surface area contributed by atoms with Gasteiger partial charge in [0.2, 0.25) is 0 Å². The number of aliphatic carboxylic acids is 1. The van der Waals surface area contributed by atoms with Crippen LogP contribution >= 0.6 is 57.8 Å². The molecule has 4 heterocycles. The first kappa shape index (κ1) is 30.7. The third-order valence-corrected chi connectivity index (χ3v) is 10.2. The number of carbonyl (C=O) groups is 4. The van der Waals surface area contributed by atoms with Crippen molar-refractivity contribution < 1.29 is 29.1 Å². The van der Waals surface area contributed by atoms with Crippen molar-refractivity contribution in [1.29, 1.82) is 0 Å². The number of anilines is 2. The van der Waals surface area contributed by atoms with E-state index in [4.69, 9.17) is 22.2 Å². The number of nitrogens with zero attached hydrogens (tertiary/aromatic N) is 5. The van der Waals surface area contributed by atoms with Crippen molar-refractivity contribution in [2.24, 2.45) is 5.16 Å². The molecule has 1 fully saturated rings. The summed E-state index contributed by atoms with van der Waals surface area (Å²) in [5, 5.41) is 29.1. The second-order valence-corrected chi connectivity index (χ2v) is 13.7. The number of aromatic nitrogens is 3. The van der Waals surface area contributed by atoms with Crippen molar-refractivity contribution in [1.82, 2.24) is 25.4 Å². The molecule has 2 aliphatic heterocycles. The number of β-lactam (4-membered cyclic amide) rings is 1. The molecule has 0 bridgehead atoms. The maximum Gasteiger partial charge on any atom is 0.352 e. The van der Waals surface area contributed by atoms with Crippen LogP contribution < -0.4 is 16.4 Å². The van der Waals surface area contributed by atoms with E-state index in [2.05, 4.69) is 31.0 Å². The van der Waals surface area contributed by atoms with Crippen LogP contribution in [0.3, 0.4) is 0 Å². The van der Waals surface area contributed by atoms with Crippen LogP contribution in [0.2, 0.25) is 5.02 Å². The number of thiazole rings is 1. The van der Waals surface area contributed by atoms with Crippen molar-refractivity contribution >= 4 is 98.0 Å². The van der Waals surface area contributed by atoms with Crippen LogP contribution in [0.1, 0.15) is 10.7 Å². The van der Waals surface area contributed by atoms with Gasteiger partial charge in [-0.3, -0.25) is 19.3 Å². The van der Waals surface area contributed by atoms with Gasteiger partial charge in [0.25, 0.3) is 17.7 Å². The molecule has 43 heavy (non-hydrogen) atoms. The summed E-state index contributed by atoms with van der Waals surface area (Å²) in [4.78, 5) is 61.3. The standard InChI is InChI=1S/C24H21ClN8O6S4/c1-10-30-31-24(43-10)42-8-11-7-40-21-17(20(36)33(21)18(11)22(37)38)29-19(35)16(14-9-41-23(26)28-14)32-39-6-15(34)27-13-4-2-3-12(25)5-13/h2-5,9,17,21H,6-8H2,1H3,(H2,26,28)(H,27,34)(H,29,35)(H,37,38)/b32-16+. The molecule has 2 aromatic heterocycles. The fraction of sp³-hybridized carbons (Fsp3) is 0.250. The second-order valence-electron chi connectivity index (χ2n) is 8.84. The van der Waals surface area contributed by atoms with Gasteiger partial charge in [-0.15, -0.1) is 33.3 Å². The Morgan fingerprint density at radius 3 is 2.81 bits per heavy atom. The maximum atomic E-state index is 13.3. The number of oxime groups is 1. The van der Waals surface area contributed by atoms with Crippen LogP contribution in [0.25, 0.3) is 0 Å². The third-order valence-electron chi connectivity index (χ3n) is 5.85. The zero-order chi connectivity index (χ0) is 30.7. The number of amides is 3. The first-order chi connectivity index (χ1) is 20.6. The van der Waals surface area contributed by atoms with E-state index in [0.29, 0.717) is 32.1 Å². The van der Waals surface area contributed by atoms with E-state index in [-0.39, 0.29) is 22.2 Å². The number of hydrogen-bond acceptors (Lipinski definition) is 14. The second kappa shape index (κ2) is 13.3. The zero-order valence-corrected chi connectivity index (χ0v) is 26.0. The summed E-state index contributed by atoms with van der Waals surface area (Å²) in [5.41, 5.74) is 6.40. The van der Waals surface area contributed by atoms with Gasteiger partial charge in [0.1, 0.15) is 27.8 Å². The summed E-state index contributed by atoms with van der Waals surface area (Å²) < 4.78 is 0.695. The molecule has 2 unspecified atom stereocenters. The van der Waals surface area contributed by atoms with Crippen LogP contribution in [0.15, 0.2) is 50.4 Å². The maximum absolute atomic E-state index is 13.3. The van der Waals surface area contributed by atoms with Gasteiger partial charge in [-0.05, 0) is 30.7 Å². The average Bonchev–Trinajstić information content (AvgIpc) is 3.59. The number of carboxylic acids is 1. The molecule has 5 N–H and O–H groups in total. The molecule has 0 spiro atoms. The number of nitrogen functional groups attached to an aromatic ring is 1. The molecule has 19 heteroatoms. The van der Waals surface area contributed by atoms with Crippen LogP contribution in [0.4, 0.5) is 10.8 Å². The van der Waals surface area contributed by atoms with E-state index in [0.717, 1.165) is 16.3 Å². The normalized spacial score (nSPS) is 18.1. The Labute approximate surface area is 265 Å². The first-order valence-corrected chi connectivity index (χ1v) is 16.3. The number of fused-ring (bicyclic) bond motifs is 1. The highest BCUT2D eigenvalue weighted by atomic mass is 35.5. The number of benzene rings is 1. The summed E-state index contributed by atoms with van der Waals surface area (Å²) >= 11 is 11.1. The highest BCUT2D eigenvalue weighted by molar-refractivity contribution is 8.01. The van der Waals surface area contributed by atoms with Crippen molar-refractivity contribution in [3.05, 3.63) is 56.6 Å². The molecule has 0 radical (unpaired) electrons. The van der Waals surface area contributed by atoms with Gasteiger partial charge >= 0.3 is 5.97 Å². The molecule has 0 saturated carbocycles. The number of carbonyl (C=O) groups excluding carboxylic acids is 3. The van der Waals surface area contributed by atoms with Gasteiger partial charge in [0.15, 0.2) is 21.8 Å². The number of rotatable bonds is 11. The Kier molecular flexibility index (Phi) is 9.50. The van der Waals surface area contributed by atoms with E-state index < -0.39 is 41.7 Å². The Hall–Kier alpha value is -3.71. The van der Waals surface area contributed by atoms with Crippen LogP contribution in [-0.2, 0) is 24.0 Å². The third kappa shape index (κ3) is 7.10. The lowest BCUT2D eigenvalue weighted by atomic mass is 10.0. The predicted molar refractivity (Wildman–Crippen MR) is 164 cm³/mol. The summed E-state index contributed by atoms with van der Waals surface area (Å²) in [6, 6.07) is 5.47. The van der Waals surface area contributed by atoms with Crippen molar-refractivity contribution in [2.75, 3.05) is 29.2 Å². The first-order valence-electron chi connectivity index (χ1n) is 12.2. The van der Waals surface area contributed by atoms with E-state index >= 15 is 0 Å². The van der Waals surface area contributed by atoms with Gasteiger partial charge < -0.3 is 26.3 Å². The number of nitrogens with two attached hydrogens (primary N) is 1. The smallest absolute Gasteiger partial charge is 0.352 e. The summed E-state index contributed by atoms with van der Waals surface area (Å²) in [7, 11) is 0. The van der Waals surface area contributed by atoms with Gasteiger partial charge in [-0.1, -0.05) is 45.9 Å². The molecule has 5 rings (SSSR count). The summed E-state index contributed by atoms with van der Waals surface area (Å²) in [6.45, 7) is 1.28. The van der Waals surface area contributed by atoms with Crippen LogP contribution in [-0.4, -0.2) is 84.1 Å². The predicted octanol–water partition coefficient (Wildman–Crippen LogP) is 2.43. The van der Waals surface area contributed by atoms with E-state index in [9.17, 15) is 24.3 Å². The number of nitrogens with one attached hydrogen (secondary N) is 2. The SMILES string of the molecule is Cc1nnc(SCC2=C(C(=O)O)N3C(=O)C(NC(=O)/C(=N/OCC(=O)Nc4cccc(Cl)c4)c4csc(N)n4)C3SC2)s1. The molecule has 224 valence electrons. The molecule has 14 nitrogen and oxygen atoms in total. The number of halogens is 1. The van der Waals surface area contributed by atoms with Crippen molar-refractivity contribution in [2.45, 2.75) is 22.7 Å². The molecule has 3 amide bonds. The topological polar surface area (TPSA) is 202 Å². The highest BCUT2D eigenvalue weighted by Crippen LogP contribution is 2.41. The lowest BCUT2D eigenvalue weighted by Crippen LogP contribution is -2.71. The minimum absolute atomic E-state index is 0.0764. The van der Waals surface area contributed by atoms with E-state index in [1.54, 1.807) is 24.3 Å². The molecule has 2 atom stereocenters.